The lowest BCUT2D eigenvalue weighted by Crippen LogP contribution is -2.52. The predicted molar refractivity (Wildman–Crippen MR) is 75.4 cm³/mol. The van der Waals surface area contributed by atoms with Crippen LogP contribution in [-0.2, 0) is 4.79 Å². The van der Waals surface area contributed by atoms with Gasteiger partial charge in [-0.05, 0) is 30.9 Å². The molecule has 0 aromatic heterocycles. The second-order valence-corrected chi connectivity index (χ2v) is 6.54. The van der Waals surface area contributed by atoms with Crippen LogP contribution in [-0.4, -0.2) is 40.7 Å². The van der Waals surface area contributed by atoms with E-state index in [4.69, 9.17) is 0 Å². The van der Waals surface area contributed by atoms with Crippen LogP contribution in [0.3, 0.4) is 0 Å². The maximum absolute atomic E-state index is 11.9. The molecule has 1 saturated carbocycles. The number of nitrogens with one attached hydrogen (secondary N) is 2. The summed E-state index contributed by atoms with van der Waals surface area (Å²) < 4.78 is 0. The van der Waals surface area contributed by atoms with Crippen molar-refractivity contribution in [2.24, 2.45) is 5.92 Å². The Labute approximate surface area is 117 Å². The van der Waals surface area contributed by atoms with E-state index in [0.29, 0.717) is 0 Å². The Hall–Kier alpha value is -0.910. The van der Waals surface area contributed by atoms with E-state index in [0.717, 1.165) is 43.6 Å². The standard InChI is InChI=1S/C13H22N2O3S/c16-12(17)11(9-4-2-1-3-5-9)15-13(18)14-10-6-7-19-8-10/h9-11H,1-8H2,(H,16,17)(H2,14,15,18). The van der Waals surface area contributed by atoms with Gasteiger partial charge in [-0.3, -0.25) is 0 Å². The van der Waals surface area contributed by atoms with Gasteiger partial charge in [0.25, 0.3) is 0 Å². The summed E-state index contributed by atoms with van der Waals surface area (Å²) in [7, 11) is 0. The third-order valence-corrected chi connectivity index (χ3v) is 5.10. The molecule has 3 N–H and O–H groups in total. The van der Waals surface area contributed by atoms with Crippen molar-refractivity contribution in [2.45, 2.75) is 50.6 Å². The molecule has 2 fully saturated rings. The minimum Gasteiger partial charge on any atom is -0.480 e. The lowest BCUT2D eigenvalue weighted by molar-refractivity contribution is -0.141. The van der Waals surface area contributed by atoms with Crippen LogP contribution in [0.2, 0.25) is 0 Å². The first-order chi connectivity index (χ1) is 9.16. The Morgan fingerprint density at radius 2 is 1.89 bits per heavy atom. The molecule has 19 heavy (non-hydrogen) atoms. The molecule has 1 heterocycles. The van der Waals surface area contributed by atoms with Crippen molar-refractivity contribution in [3.63, 3.8) is 0 Å². The Balaban J connectivity index is 1.84. The summed E-state index contributed by atoms with van der Waals surface area (Å²) in [6.07, 6.45) is 6.08. The normalized spacial score (nSPS) is 25.8. The fraction of sp³-hybridized carbons (Fsp3) is 0.846. The van der Waals surface area contributed by atoms with Gasteiger partial charge in [0.05, 0.1) is 0 Å². The van der Waals surface area contributed by atoms with Gasteiger partial charge in [0.1, 0.15) is 6.04 Å². The largest absolute Gasteiger partial charge is 0.480 e. The predicted octanol–water partition coefficient (Wildman–Crippen LogP) is 1.82. The summed E-state index contributed by atoms with van der Waals surface area (Å²) in [6.45, 7) is 0. The van der Waals surface area contributed by atoms with Crippen molar-refractivity contribution in [3.05, 3.63) is 0 Å². The van der Waals surface area contributed by atoms with E-state index in [-0.39, 0.29) is 18.0 Å². The highest BCUT2D eigenvalue weighted by Gasteiger charge is 2.31. The SMILES string of the molecule is O=C(NC1CCSC1)NC(C(=O)O)C1CCCCC1. The summed E-state index contributed by atoms with van der Waals surface area (Å²) in [5.74, 6) is 1.16. The van der Waals surface area contributed by atoms with E-state index in [1.807, 2.05) is 11.8 Å². The summed E-state index contributed by atoms with van der Waals surface area (Å²) in [6, 6.07) is -0.884. The Kier molecular flexibility index (Phi) is 5.36. The second kappa shape index (κ2) is 7.03. The lowest BCUT2D eigenvalue weighted by Gasteiger charge is -2.28. The molecule has 108 valence electrons. The number of hydrogen-bond donors (Lipinski definition) is 3. The minimum absolute atomic E-state index is 0.0787. The summed E-state index contributed by atoms with van der Waals surface area (Å²) in [5, 5.41) is 14.8. The number of hydrogen-bond acceptors (Lipinski definition) is 3. The van der Waals surface area contributed by atoms with Crippen LogP contribution in [0.25, 0.3) is 0 Å². The molecule has 2 aliphatic rings. The van der Waals surface area contributed by atoms with E-state index < -0.39 is 12.0 Å². The van der Waals surface area contributed by atoms with E-state index >= 15 is 0 Å². The summed E-state index contributed by atoms with van der Waals surface area (Å²) in [5.41, 5.74) is 0. The molecule has 2 amide bonds. The van der Waals surface area contributed by atoms with Gasteiger partial charge in [0, 0.05) is 11.8 Å². The van der Waals surface area contributed by atoms with Crippen LogP contribution in [0.4, 0.5) is 4.79 Å². The van der Waals surface area contributed by atoms with Gasteiger partial charge in [-0.15, -0.1) is 0 Å². The van der Waals surface area contributed by atoms with Crippen LogP contribution in [0, 0.1) is 5.92 Å². The van der Waals surface area contributed by atoms with Gasteiger partial charge in [0.15, 0.2) is 0 Å². The first-order valence-electron chi connectivity index (χ1n) is 7.04. The highest BCUT2D eigenvalue weighted by Crippen LogP contribution is 2.26. The highest BCUT2D eigenvalue weighted by atomic mass is 32.2. The van der Waals surface area contributed by atoms with Crippen LogP contribution in [0.5, 0.6) is 0 Å². The zero-order valence-electron chi connectivity index (χ0n) is 11.1. The van der Waals surface area contributed by atoms with Gasteiger partial charge in [-0.25, -0.2) is 9.59 Å². The first kappa shape index (κ1) is 14.5. The number of urea groups is 1. The van der Waals surface area contributed by atoms with Crippen LogP contribution >= 0.6 is 11.8 Å². The Morgan fingerprint density at radius 1 is 1.16 bits per heavy atom. The maximum Gasteiger partial charge on any atom is 0.326 e. The van der Waals surface area contributed by atoms with Gasteiger partial charge in [-0.2, -0.15) is 11.8 Å². The van der Waals surface area contributed by atoms with Crippen molar-refractivity contribution in [1.82, 2.24) is 10.6 Å². The van der Waals surface area contributed by atoms with Crippen LogP contribution < -0.4 is 10.6 Å². The number of aliphatic carboxylic acids is 1. The van der Waals surface area contributed by atoms with Gasteiger partial charge >= 0.3 is 12.0 Å². The molecule has 0 aromatic rings. The molecule has 5 nitrogen and oxygen atoms in total. The molecular formula is C13H22N2O3S. The number of thioether (sulfide) groups is 1. The smallest absolute Gasteiger partial charge is 0.326 e. The van der Waals surface area contributed by atoms with Crippen molar-refractivity contribution in [1.29, 1.82) is 0 Å². The van der Waals surface area contributed by atoms with Gasteiger partial charge in [-0.1, -0.05) is 19.3 Å². The maximum atomic E-state index is 11.9. The lowest BCUT2D eigenvalue weighted by atomic mass is 9.84. The Bertz CT molecular complexity index is 326. The highest BCUT2D eigenvalue weighted by molar-refractivity contribution is 7.99. The fourth-order valence-corrected chi connectivity index (χ4v) is 4.02. The molecule has 1 aliphatic carbocycles. The number of carboxylic acids is 1. The zero-order valence-corrected chi connectivity index (χ0v) is 11.9. The van der Waals surface area contributed by atoms with Crippen LogP contribution in [0.1, 0.15) is 38.5 Å². The Morgan fingerprint density at radius 3 is 2.47 bits per heavy atom. The second-order valence-electron chi connectivity index (χ2n) is 5.39. The average Bonchev–Trinajstić information content (AvgIpc) is 2.89. The molecule has 1 aliphatic heterocycles. The molecule has 2 rings (SSSR count). The van der Waals surface area contributed by atoms with E-state index in [1.165, 1.54) is 6.42 Å². The topological polar surface area (TPSA) is 78.4 Å². The number of carbonyl (C=O) groups excluding carboxylic acids is 1. The molecule has 2 unspecified atom stereocenters. The van der Waals surface area contributed by atoms with Crippen molar-refractivity contribution in [2.75, 3.05) is 11.5 Å². The third-order valence-electron chi connectivity index (χ3n) is 3.94. The van der Waals surface area contributed by atoms with Gasteiger partial charge < -0.3 is 15.7 Å². The van der Waals surface area contributed by atoms with Gasteiger partial charge in [0.2, 0.25) is 0 Å². The van der Waals surface area contributed by atoms with E-state index in [9.17, 15) is 14.7 Å². The van der Waals surface area contributed by atoms with E-state index in [1.54, 1.807) is 0 Å². The third kappa shape index (κ3) is 4.30. The fourth-order valence-electron chi connectivity index (χ4n) is 2.87. The zero-order chi connectivity index (χ0) is 13.7. The van der Waals surface area contributed by atoms with Crippen LogP contribution in [0.15, 0.2) is 0 Å². The minimum atomic E-state index is -0.914. The number of rotatable bonds is 4. The number of carbonyl (C=O) groups is 2. The molecule has 0 bridgehead atoms. The molecule has 6 heteroatoms. The molecular weight excluding hydrogens is 264 g/mol. The average molecular weight is 286 g/mol. The molecule has 0 radical (unpaired) electrons. The van der Waals surface area contributed by atoms with Crippen molar-refractivity contribution >= 4 is 23.8 Å². The summed E-state index contributed by atoms with van der Waals surface area (Å²) in [4.78, 5) is 23.2. The first-order valence-corrected chi connectivity index (χ1v) is 8.20. The molecule has 1 saturated heterocycles. The molecule has 0 spiro atoms. The quantitative estimate of drug-likeness (QED) is 0.736. The van der Waals surface area contributed by atoms with Crippen molar-refractivity contribution < 1.29 is 14.7 Å². The molecule has 0 aromatic carbocycles. The van der Waals surface area contributed by atoms with E-state index in [2.05, 4.69) is 10.6 Å². The molecule has 2 atom stereocenters. The number of amides is 2. The van der Waals surface area contributed by atoms with Crippen molar-refractivity contribution in [3.8, 4) is 0 Å². The number of carboxylic acid groups (broad SMARTS) is 1. The summed E-state index contributed by atoms with van der Waals surface area (Å²) >= 11 is 1.82. The monoisotopic (exact) mass is 286 g/mol.